The van der Waals surface area contributed by atoms with Crippen LogP contribution in [0.25, 0.3) is 0 Å². The monoisotopic (exact) mass is 268 g/mol. The standard InChI is InChI=1S/C16H20N4/c17-15-7-4-9-18-16(15)19-14-8-10-20(12-14)11-13-5-2-1-3-6-13/h1-7,9,14H,8,10-12,17H2,(H,18,19)/t14-/m1/s1. The molecule has 20 heavy (non-hydrogen) atoms. The highest BCUT2D eigenvalue weighted by molar-refractivity contribution is 5.60. The Hall–Kier alpha value is -2.07. The maximum Gasteiger partial charge on any atom is 0.149 e. The predicted octanol–water partition coefficient (Wildman–Crippen LogP) is 2.35. The van der Waals surface area contributed by atoms with E-state index in [4.69, 9.17) is 5.73 Å². The van der Waals surface area contributed by atoms with Crippen LogP contribution in [-0.2, 0) is 6.54 Å². The van der Waals surface area contributed by atoms with E-state index in [9.17, 15) is 0 Å². The SMILES string of the molecule is Nc1cccnc1N[C@@H]1CCN(Cc2ccccc2)C1. The second-order valence-corrected chi connectivity index (χ2v) is 5.29. The highest BCUT2D eigenvalue weighted by Crippen LogP contribution is 2.20. The van der Waals surface area contributed by atoms with Gasteiger partial charge in [0.25, 0.3) is 0 Å². The molecule has 0 saturated carbocycles. The normalized spacial score (nSPS) is 19.1. The Kier molecular flexibility index (Phi) is 3.83. The number of anilines is 2. The zero-order valence-electron chi connectivity index (χ0n) is 11.5. The first-order valence-corrected chi connectivity index (χ1v) is 7.04. The van der Waals surface area contributed by atoms with Crippen molar-refractivity contribution in [1.29, 1.82) is 0 Å². The highest BCUT2D eigenvalue weighted by atomic mass is 15.2. The number of aromatic nitrogens is 1. The average molecular weight is 268 g/mol. The van der Waals surface area contributed by atoms with Gasteiger partial charge in [0.05, 0.1) is 5.69 Å². The van der Waals surface area contributed by atoms with Crippen LogP contribution in [0.2, 0.25) is 0 Å². The highest BCUT2D eigenvalue weighted by Gasteiger charge is 2.22. The molecular formula is C16H20N4. The van der Waals surface area contributed by atoms with Crippen LogP contribution in [0, 0.1) is 0 Å². The molecule has 0 aliphatic carbocycles. The van der Waals surface area contributed by atoms with E-state index in [1.165, 1.54) is 5.56 Å². The molecule has 0 bridgehead atoms. The van der Waals surface area contributed by atoms with Crippen molar-refractivity contribution in [3.63, 3.8) is 0 Å². The number of likely N-dealkylation sites (tertiary alicyclic amines) is 1. The summed E-state index contributed by atoms with van der Waals surface area (Å²) in [6.07, 6.45) is 2.90. The topological polar surface area (TPSA) is 54.2 Å². The van der Waals surface area contributed by atoms with Crippen molar-refractivity contribution in [1.82, 2.24) is 9.88 Å². The van der Waals surface area contributed by atoms with Gasteiger partial charge in [-0.05, 0) is 24.1 Å². The minimum atomic E-state index is 0.427. The van der Waals surface area contributed by atoms with Crippen molar-refractivity contribution in [3.8, 4) is 0 Å². The second kappa shape index (κ2) is 5.92. The number of pyridine rings is 1. The summed E-state index contributed by atoms with van der Waals surface area (Å²) in [5.41, 5.74) is 8.00. The summed E-state index contributed by atoms with van der Waals surface area (Å²) in [6, 6.07) is 14.8. The fraction of sp³-hybridized carbons (Fsp3) is 0.312. The second-order valence-electron chi connectivity index (χ2n) is 5.29. The number of benzene rings is 1. The zero-order chi connectivity index (χ0) is 13.8. The molecule has 0 radical (unpaired) electrons. The molecular weight excluding hydrogens is 248 g/mol. The van der Waals surface area contributed by atoms with Gasteiger partial charge in [-0.2, -0.15) is 0 Å². The molecule has 1 fully saturated rings. The largest absolute Gasteiger partial charge is 0.396 e. The predicted molar refractivity (Wildman–Crippen MR) is 82.4 cm³/mol. The summed E-state index contributed by atoms with van der Waals surface area (Å²) in [5, 5.41) is 3.45. The van der Waals surface area contributed by atoms with E-state index in [2.05, 4.69) is 45.5 Å². The third-order valence-electron chi connectivity index (χ3n) is 3.70. The van der Waals surface area contributed by atoms with Gasteiger partial charge in [0, 0.05) is 31.9 Å². The van der Waals surface area contributed by atoms with E-state index in [1.54, 1.807) is 6.20 Å². The maximum atomic E-state index is 5.92. The Balaban J connectivity index is 1.56. The van der Waals surface area contributed by atoms with Crippen molar-refractivity contribution < 1.29 is 0 Å². The first-order chi connectivity index (χ1) is 9.81. The van der Waals surface area contributed by atoms with Crippen molar-refractivity contribution in [2.75, 3.05) is 24.1 Å². The molecule has 104 valence electrons. The number of nitrogen functional groups attached to an aromatic ring is 1. The molecule has 1 saturated heterocycles. The van der Waals surface area contributed by atoms with Gasteiger partial charge >= 0.3 is 0 Å². The Labute approximate surface area is 119 Å². The van der Waals surface area contributed by atoms with Gasteiger partial charge in [0.15, 0.2) is 0 Å². The maximum absolute atomic E-state index is 5.92. The van der Waals surface area contributed by atoms with Crippen LogP contribution in [0.3, 0.4) is 0 Å². The summed E-state index contributed by atoms with van der Waals surface area (Å²) in [4.78, 5) is 6.76. The van der Waals surface area contributed by atoms with Gasteiger partial charge in [-0.25, -0.2) is 4.98 Å². The van der Waals surface area contributed by atoms with Crippen LogP contribution in [0.4, 0.5) is 11.5 Å². The minimum absolute atomic E-state index is 0.427. The summed E-state index contributed by atoms with van der Waals surface area (Å²) in [5.74, 6) is 0.805. The molecule has 0 unspecified atom stereocenters. The van der Waals surface area contributed by atoms with Gasteiger partial charge in [-0.1, -0.05) is 30.3 Å². The lowest BCUT2D eigenvalue weighted by molar-refractivity contribution is 0.328. The van der Waals surface area contributed by atoms with Crippen molar-refractivity contribution in [2.24, 2.45) is 0 Å². The Morgan fingerprint density at radius 3 is 2.85 bits per heavy atom. The van der Waals surface area contributed by atoms with Crippen LogP contribution in [-0.4, -0.2) is 29.0 Å². The lowest BCUT2D eigenvalue weighted by Crippen LogP contribution is -2.26. The van der Waals surface area contributed by atoms with E-state index in [-0.39, 0.29) is 0 Å². The molecule has 0 amide bonds. The Morgan fingerprint density at radius 1 is 1.20 bits per heavy atom. The third kappa shape index (κ3) is 3.08. The molecule has 4 heteroatoms. The number of nitrogens with two attached hydrogens (primary N) is 1. The van der Waals surface area contributed by atoms with Gasteiger partial charge < -0.3 is 11.1 Å². The summed E-state index contributed by atoms with van der Waals surface area (Å²) in [6.45, 7) is 3.15. The molecule has 0 spiro atoms. The van der Waals surface area contributed by atoms with E-state index >= 15 is 0 Å². The number of hydrogen-bond donors (Lipinski definition) is 2. The molecule has 2 heterocycles. The van der Waals surface area contributed by atoms with Gasteiger partial charge in [0.1, 0.15) is 5.82 Å². The summed E-state index contributed by atoms with van der Waals surface area (Å²) < 4.78 is 0. The number of nitrogens with one attached hydrogen (secondary N) is 1. The lowest BCUT2D eigenvalue weighted by Gasteiger charge is -2.17. The van der Waals surface area contributed by atoms with E-state index < -0.39 is 0 Å². The van der Waals surface area contributed by atoms with Crippen LogP contribution < -0.4 is 11.1 Å². The first-order valence-electron chi connectivity index (χ1n) is 7.04. The molecule has 1 aliphatic heterocycles. The third-order valence-corrected chi connectivity index (χ3v) is 3.70. The molecule has 1 aliphatic rings. The molecule has 1 atom stereocenters. The van der Waals surface area contributed by atoms with E-state index in [0.29, 0.717) is 11.7 Å². The Bertz CT molecular complexity index is 555. The molecule has 1 aromatic carbocycles. The van der Waals surface area contributed by atoms with Crippen LogP contribution >= 0.6 is 0 Å². The van der Waals surface area contributed by atoms with E-state index in [1.807, 2.05) is 12.1 Å². The molecule has 3 rings (SSSR count). The minimum Gasteiger partial charge on any atom is -0.396 e. The zero-order valence-corrected chi connectivity index (χ0v) is 11.5. The number of hydrogen-bond acceptors (Lipinski definition) is 4. The fourth-order valence-corrected chi connectivity index (χ4v) is 2.67. The Morgan fingerprint density at radius 2 is 2.05 bits per heavy atom. The first kappa shape index (κ1) is 12.9. The van der Waals surface area contributed by atoms with Crippen LogP contribution in [0.15, 0.2) is 48.7 Å². The van der Waals surface area contributed by atoms with Gasteiger partial charge in [0.2, 0.25) is 0 Å². The van der Waals surface area contributed by atoms with E-state index in [0.717, 1.165) is 31.9 Å². The number of rotatable bonds is 4. The van der Waals surface area contributed by atoms with Gasteiger partial charge in [-0.15, -0.1) is 0 Å². The number of nitrogens with zero attached hydrogens (tertiary/aromatic N) is 2. The summed E-state index contributed by atoms with van der Waals surface area (Å²) >= 11 is 0. The summed E-state index contributed by atoms with van der Waals surface area (Å²) in [7, 11) is 0. The smallest absolute Gasteiger partial charge is 0.149 e. The van der Waals surface area contributed by atoms with Crippen LogP contribution in [0.5, 0.6) is 0 Å². The molecule has 1 aromatic heterocycles. The quantitative estimate of drug-likeness (QED) is 0.893. The van der Waals surface area contributed by atoms with Crippen molar-refractivity contribution >= 4 is 11.5 Å². The van der Waals surface area contributed by atoms with Crippen molar-refractivity contribution in [3.05, 3.63) is 54.2 Å². The lowest BCUT2D eigenvalue weighted by atomic mass is 10.2. The fourth-order valence-electron chi connectivity index (χ4n) is 2.67. The molecule has 4 nitrogen and oxygen atoms in total. The average Bonchev–Trinajstić information content (AvgIpc) is 2.90. The van der Waals surface area contributed by atoms with Gasteiger partial charge in [-0.3, -0.25) is 4.90 Å². The van der Waals surface area contributed by atoms with Crippen LogP contribution in [0.1, 0.15) is 12.0 Å². The van der Waals surface area contributed by atoms with Crippen molar-refractivity contribution in [2.45, 2.75) is 19.0 Å². The molecule has 2 aromatic rings. The molecule has 3 N–H and O–H groups in total.